The zero-order chi connectivity index (χ0) is 11.4. The molecule has 0 amide bonds. The van der Waals surface area contributed by atoms with Crippen LogP contribution in [0.5, 0.6) is 0 Å². The van der Waals surface area contributed by atoms with Crippen LogP contribution in [0.15, 0.2) is 12.2 Å². The molecule has 1 heteroatoms. The Labute approximate surface area is 88.6 Å². The number of hydrogen-bond acceptors (Lipinski definition) is 1. The molecule has 1 rings (SSSR count). The van der Waals surface area contributed by atoms with Gasteiger partial charge < -0.3 is 0 Å². The summed E-state index contributed by atoms with van der Waals surface area (Å²) >= 11 is 0. The van der Waals surface area contributed by atoms with Crippen LogP contribution in [0.2, 0.25) is 0 Å². The molecule has 0 radical (unpaired) electrons. The van der Waals surface area contributed by atoms with Gasteiger partial charge in [0.25, 0.3) is 0 Å². The Balaban J connectivity index is 0.000000791. The van der Waals surface area contributed by atoms with E-state index >= 15 is 0 Å². The van der Waals surface area contributed by atoms with Crippen LogP contribution in [0, 0.1) is 11.3 Å². The summed E-state index contributed by atoms with van der Waals surface area (Å²) in [5.41, 5.74) is 1.26. The smallest absolute Gasteiger partial charge is 0.140 e. The van der Waals surface area contributed by atoms with Crippen molar-refractivity contribution in [1.82, 2.24) is 0 Å². The number of carbonyl (C=O) groups is 1. The second-order valence-corrected chi connectivity index (χ2v) is 4.74. The Bertz CT molecular complexity index is 213. The summed E-state index contributed by atoms with van der Waals surface area (Å²) in [6.07, 6.45) is 2.88. The van der Waals surface area contributed by atoms with Gasteiger partial charge in [-0.25, -0.2) is 0 Å². The minimum atomic E-state index is 0.151. The van der Waals surface area contributed by atoms with Gasteiger partial charge in [-0.05, 0) is 25.2 Å². The van der Waals surface area contributed by atoms with Crippen molar-refractivity contribution in [2.75, 3.05) is 0 Å². The number of hydrogen-bond donors (Lipinski definition) is 0. The minimum Gasteiger partial charge on any atom is -0.299 e. The van der Waals surface area contributed by atoms with E-state index in [0.717, 1.165) is 24.8 Å². The monoisotopic (exact) mass is 196 g/mol. The van der Waals surface area contributed by atoms with Crippen molar-refractivity contribution in [3.63, 3.8) is 0 Å². The molecule has 0 N–H and O–H groups in total. The lowest BCUT2D eigenvalue weighted by molar-refractivity contribution is -0.126. The molecule has 1 saturated carbocycles. The van der Waals surface area contributed by atoms with Gasteiger partial charge in [0.1, 0.15) is 5.78 Å². The highest BCUT2D eigenvalue weighted by molar-refractivity contribution is 5.84. The van der Waals surface area contributed by atoms with Crippen molar-refractivity contribution >= 4 is 5.78 Å². The van der Waals surface area contributed by atoms with Crippen LogP contribution in [0.25, 0.3) is 0 Å². The van der Waals surface area contributed by atoms with Gasteiger partial charge in [0, 0.05) is 12.3 Å². The second-order valence-electron chi connectivity index (χ2n) is 4.74. The number of rotatable bonds is 1. The topological polar surface area (TPSA) is 17.1 Å². The van der Waals surface area contributed by atoms with E-state index in [1.54, 1.807) is 0 Å². The van der Waals surface area contributed by atoms with Crippen LogP contribution in [0.4, 0.5) is 0 Å². The van der Waals surface area contributed by atoms with Gasteiger partial charge >= 0.3 is 0 Å². The summed E-state index contributed by atoms with van der Waals surface area (Å²) in [5.74, 6) is 0.539. The Hall–Kier alpha value is -0.590. The Morgan fingerprint density at radius 2 is 1.93 bits per heavy atom. The second kappa shape index (κ2) is 5.33. The first-order valence-corrected chi connectivity index (χ1v) is 5.60. The first-order chi connectivity index (χ1) is 6.42. The molecule has 0 aromatic rings. The molecule has 0 spiro atoms. The maximum absolute atomic E-state index is 11.6. The van der Waals surface area contributed by atoms with E-state index in [4.69, 9.17) is 0 Å². The predicted octanol–water partition coefficient (Wildman–Crippen LogP) is 3.98. The maximum Gasteiger partial charge on any atom is 0.140 e. The van der Waals surface area contributed by atoms with E-state index in [1.807, 2.05) is 20.8 Å². The van der Waals surface area contributed by atoms with Crippen molar-refractivity contribution in [3.8, 4) is 0 Å². The van der Waals surface area contributed by atoms with Crippen molar-refractivity contribution in [2.24, 2.45) is 11.3 Å². The van der Waals surface area contributed by atoms with Crippen molar-refractivity contribution < 1.29 is 4.79 Å². The van der Waals surface area contributed by atoms with E-state index in [9.17, 15) is 4.79 Å². The van der Waals surface area contributed by atoms with Crippen molar-refractivity contribution in [2.45, 2.75) is 53.9 Å². The Morgan fingerprint density at radius 1 is 1.43 bits per heavy atom. The quantitative estimate of drug-likeness (QED) is 0.580. The zero-order valence-corrected chi connectivity index (χ0v) is 10.3. The fourth-order valence-corrected chi connectivity index (χ4v) is 1.90. The average Bonchev–Trinajstić information content (AvgIpc) is 2.05. The van der Waals surface area contributed by atoms with E-state index in [2.05, 4.69) is 20.4 Å². The summed E-state index contributed by atoms with van der Waals surface area (Å²) in [4.78, 5) is 11.6. The summed E-state index contributed by atoms with van der Waals surface area (Å²) in [7, 11) is 0. The molecule has 0 saturated heterocycles. The van der Waals surface area contributed by atoms with Gasteiger partial charge in [-0.15, -0.1) is 0 Å². The fourth-order valence-electron chi connectivity index (χ4n) is 1.90. The third-order valence-electron chi connectivity index (χ3n) is 2.75. The van der Waals surface area contributed by atoms with Crippen LogP contribution in [0.3, 0.4) is 0 Å². The standard InChI is InChI=1S/C11H18O.C2H6/c1-8(2)9-5-6-11(3,4)7-10(9)12;1-2/h9H,1,5-7H2,2-4H3;1-2H3. The number of allylic oxidation sites excluding steroid dienone is 1. The molecular formula is C13H24O. The molecule has 0 aromatic heterocycles. The lowest BCUT2D eigenvalue weighted by Crippen LogP contribution is -2.30. The van der Waals surface area contributed by atoms with Gasteiger partial charge in [-0.1, -0.05) is 39.8 Å². The van der Waals surface area contributed by atoms with Crippen molar-refractivity contribution in [3.05, 3.63) is 12.2 Å². The molecule has 0 bridgehead atoms. The highest BCUT2D eigenvalue weighted by atomic mass is 16.1. The van der Waals surface area contributed by atoms with Crippen molar-refractivity contribution in [1.29, 1.82) is 0 Å². The molecule has 14 heavy (non-hydrogen) atoms. The molecule has 0 aromatic carbocycles. The summed E-state index contributed by atoms with van der Waals surface area (Å²) in [6, 6.07) is 0. The molecule has 1 aliphatic carbocycles. The molecule has 0 heterocycles. The number of carbonyl (C=O) groups excluding carboxylic acids is 1. The van der Waals surface area contributed by atoms with E-state index in [1.165, 1.54) is 0 Å². The highest BCUT2D eigenvalue weighted by Gasteiger charge is 2.33. The summed E-state index contributed by atoms with van der Waals surface area (Å²) in [5, 5.41) is 0. The van der Waals surface area contributed by atoms with E-state index in [-0.39, 0.29) is 11.3 Å². The molecular weight excluding hydrogens is 172 g/mol. The minimum absolute atomic E-state index is 0.151. The van der Waals surface area contributed by atoms with Gasteiger partial charge in [0.2, 0.25) is 0 Å². The maximum atomic E-state index is 11.6. The molecule has 1 atom stereocenters. The summed E-state index contributed by atoms with van der Waals surface area (Å²) < 4.78 is 0. The van der Waals surface area contributed by atoms with Crippen LogP contribution in [0.1, 0.15) is 53.9 Å². The first-order valence-electron chi connectivity index (χ1n) is 5.60. The van der Waals surface area contributed by atoms with E-state index < -0.39 is 0 Å². The van der Waals surface area contributed by atoms with Crippen LogP contribution < -0.4 is 0 Å². The molecule has 0 aliphatic heterocycles. The zero-order valence-electron chi connectivity index (χ0n) is 10.3. The van der Waals surface area contributed by atoms with Gasteiger partial charge in [0.05, 0.1) is 0 Å². The molecule has 1 fully saturated rings. The number of ketones is 1. The first kappa shape index (κ1) is 13.4. The molecule has 82 valence electrons. The summed E-state index contributed by atoms with van der Waals surface area (Å²) in [6.45, 7) is 14.1. The third-order valence-corrected chi connectivity index (χ3v) is 2.75. The third kappa shape index (κ3) is 3.65. The van der Waals surface area contributed by atoms with Gasteiger partial charge in [-0.2, -0.15) is 0 Å². The molecule has 1 nitrogen and oxygen atoms in total. The van der Waals surface area contributed by atoms with Gasteiger partial charge in [0.15, 0.2) is 0 Å². The van der Waals surface area contributed by atoms with Crippen LogP contribution >= 0.6 is 0 Å². The molecule has 1 aliphatic rings. The average molecular weight is 196 g/mol. The van der Waals surface area contributed by atoms with Crippen LogP contribution in [-0.4, -0.2) is 5.78 Å². The lowest BCUT2D eigenvalue weighted by atomic mass is 9.71. The number of Topliss-reactive ketones (excluding diaryl/α,β-unsaturated/α-hetero) is 1. The lowest BCUT2D eigenvalue weighted by Gasteiger charge is -2.33. The Morgan fingerprint density at radius 3 is 2.29 bits per heavy atom. The predicted molar refractivity (Wildman–Crippen MR) is 62.3 cm³/mol. The van der Waals surface area contributed by atoms with Crippen LogP contribution in [-0.2, 0) is 4.79 Å². The largest absolute Gasteiger partial charge is 0.299 e. The SMILES string of the molecule is C=C(C)C1CCC(C)(C)CC1=O.CC. The highest BCUT2D eigenvalue weighted by Crippen LogP contribution is 2.37. The normalized spacial score (nSPS) is 24.9. The Kier molecular flexibility index (Phi) is 5.11. The molecule has 1 unspecified atom stereocenters. The van der Waals surface area contributed by atoms with Gasteiger partial charge in [-0.3, -0.25) is 4.79 Å². The fraction of sp³-hybridized carbons (Fsp3) is 0.769. The van der Waals surface area contributed by atoms with E-state index in [0.29, 0.717) is 5.78 Å².